The van der Waals surface area contributed by atoms with Gasteiger partial charge in [0, 0.05) is 24.9 Å². The van der Waals surface area contributed by atoms with Crippen molar-refractivity contribution in [2.75, 3.05) is 13.1 Å². The number of hydrogen-bond donors (Lipinski definition) is 3. The van der Waals surface area contributed by atoms with Gasteiger partial charge in [-0.1, -0.05) is 0 Å². The van der Waals surface area contributed by atoms with Crippen molar-refractivity contribution >= 4 is 10.4 Å². The molecule has 2 aliphatic rings. The Balaban J connectivity index is 2.13. The Labute approximate surface area is 112 Å². The fourth-order valence-corrected chi connectivity index (χ4v) is 2.61. The third-order valence-corrected chi connectivity index (χ3v) is 3.41. The van der Waals surface area contributed by atoms with Gasteiger partial charge in [-0.3, -0.25) is 4.55 Å². The van der Waals surface area contributed by atoms with E-state index in [2.05, 4.69) is 9.18 Å². The highest BCUT2D eigenvalue weighted by Crippen LogP contribution is 2.22. The third kappa shape index (κ3) is 3.60. The smallest absolute Gasteiger partial charge is 0.383 e. The Morgan fingerprint density at radius 3 is 2.47 bits per heavy atom. The Kier molecular flexibility index (Phi) is 3.99. The zero-order valence-electron chi connectivity index (χ0n) is 10.4. The Hall–Kier alpha value is -1.29. The lowest BCUT2D eigenvalue weighted by Crippen LogP contribution is -2.46. The third-order valence-electron chi connectivity index (χ3n) is 3.06. The fourth-order valence-electron chi connectivity index (χ4n) is 2.22. The molecule has 2 aliphatic heterocycles. The molecule has 2 rings (SSSR count). The van der Waals surface area contributed by atoms with Crippen molar-refractivity contribution in [3.05, 3.63) is 23.7 Å². The topological polar surface area (TPSA) is 122 Å². The van der Waals surface area contributed by atoms with Crippen LogP contribution in [0.4, 0.5) is 0 Å². The first-order valence-corrected chi connectivity index (χ1v) is 7.39. The van der Waals surface area contributed by atoms with Gasteiger partial charge in [0.05, 0.1) is 0 Å². The largest absolute Gasteiger partial charge is 0.418 e. The highest BCUT2D eigenvalue weighted by Gasteiger charge is 2.26. The second kappa shape index (κ2) is 5.37. The molecule has 1 fully saturated rings. The zero-order valence-corrected chi connectivity index (χ0v) is 11.2. The molecule has 5 N–H and O–H groups in total. The van der Waals surface area contributed by atoms with Gasteiger partial charge in [-0.05, 0) is 25.3 Å². The molecule has 0 saturated carbocycles. The molecular formula is C10H18N4O4S. The Morgan fingerprint density at radius 1 is 1.32 bits per heavy atom. The van der Waals surface area contributed by atoms with E-state index in [1.165, 1.54) is 6.42 Å². The van der Waals surface area contributed by atoms with Gasteiger partial charge in [0.25, 0.3) is 0 Å². The van der Waals surface area contributed by atoms with Crippen molar-refractivity contribution in [3.8, 4) is 0 Å². The summed E-state index contributed by atoms with van der Waals surface area (Å²) < 4.78 is 34.4. The minimum Gasteiger partial charge on any atom is -0.383 e. The molecule has 0 aliphatic carbocycles. The van der Waals surface area contributed by atoms with Crippen molar-refractivity contribution in [2.24, 2.45) is 11.5 Å². The number of hydroxylamine groups is 2. The second-order valence-corrected chi connectivity index (χ2v) is 5.53. The van der Waals surface area contributed by atoms with Crippen LogP contribution in [0, 0.1) is 0 Å². The minimum absolute atomic E-state index is 0.0354. The van der Waals surface area contributed by atoms with Gasteiger partial charge < -0.3 is 16.4 Å². The number of hydrogen-bond acceptors (Lipinski definition) is 7. The van der Waals surface area contributed by atoms with Crippen LogP contribution in [0.2, 0.25) is 0 Å². The number of likely N-dealkylation sites (tertiary alicyclic amines) is 1. The Morgan fingerprint density at radius 2 is 1.95 bits per heavy atom. The minimum atomic E-state index is -4.65. The zero-order chi connectivity index (χ0) is 14.0. The summed E-state index contributed by atoms with van der Waals surface area (Å²) in [5.41, 5.74) is 12.3. The molecule has 2 heterocycles. The van der Waals surface area contributed by atoms with Gasteiger partial charge in [-0.15, -0.1) is 4.28 Å². The van der Waals surface area contributed by atoms with E-state index in [4.69, 9.17) is 16.0 Å². The van der Waals surface area contributed by atoms with Crippen LogP contribution in [0.5, 0.6) is 0 Å². The molecule has 0 amide bonds. The van der Waals surface area contributed by atoms with E-state index in [0.29, 0.717) is 0 Å². The van der Waals surface area contributed by atoms with Crippen LogP contribution >= 0.6 is 0 Å². The number of rotatable bonds is 3. The summed E-state index contributed by atoms with van der Waals surface area (Å²) >= 11 is 0. The molecule has 8 nitrogen and oxygen atoms in total. The number of allylic oxidation sites excluding steroid dienone is 1. The maximum absolute atomic E-state index is 10.7. The lowest BCUT2D eigenvalue weighted by atomic mass is 10.1. The van der Waals surface area contributed by atoms with Crippen LogP contribution in [-0.4, -0.2) is 42.2 Å². The van der Waals surface area contributed by atoms with E-state index < -0.39 is 16.6 Å². The molecule has 0 aromatic rings. The summed E-state index contributed by atoms with van der Waals surface area (Å²) in [4.78, 5) is 2.14. The SMILES string of the molecule is NC1=CC(N2CCCCC2)=CC(N)N1OS(=O)(=O)O. The van der Waals surface area contributed by atoms with Crippen molar-refractivity contribution < 1.29 is 17.3 Å². The first kappa shape index (κ1) is 14.1. The Bertz CT molecular complexity index is 496. The maximum atomic E-state index is 10.7. The van der Waals surface area contributed by atoms with Gasteiger partial charge >= 0.3 is 10.4 Å². The number of piperidine rings is 1. The highest BCUT2D eigenvalue weighted by atomic mass is 32.3. The van der Waals surface area contributed by atoms with E-state index >= 15 is 0 Å². The molecule has 1 unspecified atom stereocenters. The van der Waals surface area contributed by atoms with Crippen molar-refractivity contribution in [1.82, 2.24) is 9.96 Å². The van der Waals surface area contributed by atoms with E-state index in [1.54, 1.807) is 12.2 Å². The first-order valence-electron chi connectivity index (χ1n) is 6.02. The van der Waals surface area contributed by atoms with Gasteiger partial charge in [0.2, 0.25) is 0 Å². The quantitative estimate of drug-likeness (QED) is 0.594. The average molecular weight is 290 g/mol. The average Bonchev–Trinajstić information content (AvgIpc) is 2.33. The van der Waals surface area contributed by atoms with Crippen molar-refractivity contribution in [3.63, 3.8) is 0 Å². The van der Waals surface area contributed by atoms with Crippen LogP contribution in [0.3, 0.4) is 0 Å². The lowest BCUT2D eigenvalue weighted by Gasteiger charge is -2.35. The molecule has 0 bridgehead atoms. The predicted molar refractivity (Wildman–Crippen MR) is 68.2 cm³/mol. The van der Waals surface area contributed by atoms with Crippen LogP contribution in [0.25, 0.3) is 0 Å². The van der Waals surface area contributed by atoms with E-state index in [9.17, 15) is 8.42 Å². The summed E-state index contributed by atoms with van der Waals surface area (Å²) in [5, 5.41) is 0.753. The summed E-state index contributed by atoms with van der Waals surface area (Å²) in [7, 11) is -4.65. The van der Waals surface area contributed by atoms with Crippen molar-refractivity contribution in [2.45, 2.75) is 25.4 Å². The molecule has 9 heteroatoms. The van der Waals surface area contributed by atoms with E-state index in [0.717, 1.165) is 36.7 Å². The monoisotopic (exact) mass is 290 g/mol. The van der Waals surface area contributed by atoms with Gasteiger partial charge in [-0.25, -0.2) is 0 Å². The number of nitrogens with zero attached hydrogens (tertiary/aromatic N) is 2. The molecule has 1 atom stereocenters. The summed E-state index contributed by atoms with van der Waals surface area (Å²) in [6, 6.07) is 0. The lowest BCUT2D eigenvalue weighted by molar-refractivity contribution is -0.0520. The maximum Gasteiger partial charge on any atom is 0.418 e. The predicted octanol–water partition coefficient (Wildman–Crippen LogP) is -0.509. The molecule has 19 heavy (non-hydrogen) atoms. The summed E-state index contributed by atoms with van der Waals surface area (Å²) in [5.74, 6) is 0.0354. The van der Waals surface area contributed by atoms with Gasteiger partial charge in [0.1, 0.15) is 12.0 Å². The normalized spacial score (nSPS) is 25.1. The van der Waals surface area contributed by atoms with Crippen LogP contribution < -0.4 is 11.5 Å². The summed E-state index contributed by atoms with van der Waals surface area (Å²) in [6.07, 6.45) is 5.76. The fraction of sp³-hybridized carbons (Fsp3) is 0.600. The molecule has 0 spiro atoms. The summed E-state index contributed by atoms with van der Waals surface area (Å²) in [6.45, 7) is 1.84. The van der Waals surface area contributed by atoms with Gasteiger partial charge in [-0.2, -0.15) is 13.5 Å². The van der Waals surface area contributed by atoms with Gasteiger partial charge in [0.15, 0.2) is 0 Å². The molecule has 0 aromatic heterocycles. The molecule has 0 radical (unpaired) electrons. The van der Waals surface area contributed by atoms with Crippen LogP contribution in [0.1, 0.15) is 19.3 Å². The molecular weight excluding hydrogens is 272 g/mol. The molecule has 1 saturated heterocycles. The highest BCUT2D eigenvalue weighted by molar-refractivity contribution is 7.80. The first-order chi connectivity index (χ1) is 8.87. The molecule has 108 valence electrons. The van der Waals surface area contributed by atoms with Crippen molar-refractivity contribution in [1.29, 1.82) is 0 Å². The van der Waals surface area contributed by atoms with E-state index in [1.807, 2.05) is 0 Å². The van der Waals surface area contributed by atoms with E-state index in [-0.39, 0.29) is 5.82 Å². The number of nitrogens with two attached hydrogens (primary N) is 2. The van der Waals surface area contributed by atoms with Crippen LogP contribution in [-0.2, 0) is 14.7 Å². The molecule has 0 aromatic carbocycles. The van der Waals surface area contributed by atoms with Crippen LogP contribution in [0.15, 0.2) is 23.7 Å². The standard InChI is InChI=1S/C10H18N4O4S/c11-9-6-8(13-4-2-1-3-5-13)7-10(12)14(9)18-19(15,16)17/h6-7,9H,1-5,11-12H2,(H,15,16,17). The second-order valence-electron chi connectivity index (χ2n) is 4.53.